The number of esters is 1. The van der Waals surface area contributed by atoms with Gasteiger partial charge in [0.1, 0.15) is 5.60 Å². The summed E-state index contributed by atoms with van der Waals surface area (Å²) in [6, 6.07) is 11.0. The van der Waals surface area contributed by atoms with E-state index in [9.17, 15) is 9.59 Å². The van der Waals surface area contributed by atoms with E-state index in [4.69, 9.17) is 37.1 Å². The van der Waals surface area contributed by atoms with Crippen LogP contribution in [0.15, 0.2) is 36.4 Å². The fraction of sp³-hybridized carbons (Fsp3) is 0.562. The second-order valence-corrected chi connectivity index (χ2v) is 18.9. The van der Waals surface area contributed by atoms with Crippen LogP contribution in [-0.2, 0) is 25.1 Å². The first-order valence-corrected chi connectivity index (χ1v) is 17.9. The van der Waals surface area contributed by atoms with Crippen LogP contribution in [-0.4, -0.2) is 57.1 Å². The summed E-state index contributed by atoms with van der Waals surface area (Å²) in [4.78, 5) is 27.1. The minimum Gasteiger partial charge on any atom is -0.469 e. The zero-order chi connectivity index (χ0) is 32.0. The molecule has 1 amide bonds. The molecular formula is C32H48Cl2N2O5Si. The summed E-state index contributed by atoms with van der Waals surface area (Å²) in [5.74, 6) is -0.328. The van der Waals surface area contributed by atoms with E-state index in [2.05, 4.69) is 39.2 Å². The number of carbonyl (C=O) groups is 2. The van der Waals surface area contributed by atoms with Crippen LogP contribution in [0.5, 0.6) is 0 Å². The second kappa shape index (κ2) is 14.5. The topological polar surface area (TPSA) is 77.1 Å². The van der Waals surface area contributed by atoms with E-state index < -0.39 is 26.1 Å². The Kier molecular flexibility index (Phi) is 12.4. The van der Waals surface area contributed by atoms with Gasteiger partial charge in [-0.3, -0.25) is 4.79 Å². The average molecular weight is 640 g/mol. The van der Waals surface area contributed by atoms with Crippen molar-refractivity contribution in [3.63, 3.8) is 0 Å². The number of anilines is 1. The van der Waals surface area contributed by atoms with Gasteiger partial charge >= 0.3 is 12.1 Å². The maximum atomic E-state index is 13.6. The molecule has 2 unspecified atom stereocenters. The number of methoxy groups -OCH3 is 1. The van der Waals surface area contributed by atoms with Crippen molar-refractivity contribution in [1.82, 2.24) is 4.90 Å². The minimum atomic E-state index is -2.24. The van der Waals surface area contributed by atoms with Crippen LogP contribution in [0.3, 0.4) is 0 Å². The number of aryl methyl sites for hydroxylation is 1. The van der Waals surface area contributed by atoms with Crippen LogP contribution in [0.1, 0.15) is 71.3 Å². The van der Waals surface area contributed by atoms with Crippen LogP contribution >= 0.6 is 23.2 Å². The highest BCUT2D eigenvalue weighted by atomic mass is 35.5. The zero-order valence-corrected chi connectivity index (χ0v) is 29.5. The van der Waals surface area contributed by atoms with Gasteiger partial charge in [-0.2, -0.15) is 0 Å². The monoisotopic (exact) mass is 638 g/mol. The molecule has 0 radical (unpaired) electrons. The Bertz CT molecular complexity index is 1240. The highest BCUT2D eigenvalue weighted by molar-refractivity contribution is 6.74. The van der Waals surface area contributed by atoms with Crippen molar-refractivity contribution < 1.29 is 23.5 Å². The molecule has 0 aromatic heterocycles. The molecule has 0 saturated carbocycles. The lowest BCUT2D eigenvalue weighted by atomic mass is 10.0. The quantitative estimate of drug-likeness (QED) is 0.196. The van der Waals surface area contributed by atoms with Crippen molar-refractivity contribution in [2.75, 3.05) is 25.5 Å². The number of rotatable bonds is 11. The molecule has 0 aliphatic rings. The molecule has 10 heteroatoms. The van der Waals surface area contributed by atoms with Crippen molar-refractivity contribution in [2.24, 2.45) is 0 Å². The smallest absolute Gasteiger partial charge is 0.410 e. The number of benzene rings is 2. The molecule has 0 heterocycles. The Morgan fingerprint density at radius 2 is 1.69 bits per heavy atom. The molecule has 7 nitrogen and oxygen atoms in total. The standard InChI is InChI=1S/C32H48Cl2N2O5Si/c1-21-15-27(26(34)17-24(21)18-29(37)39-9)35-19-22(2)36(30(38)40-31(3,4)5)20-28(23-13-12-14-25(33)16-23)41-42(10,11)32(6,7)8/h12-17,22,28,35H,18-20H2,1-11H3. The zero-order valence-electron chi connectivity index (χ0n) is 27.0. The van der Waals surface area contributed by atoms with E-state index in [1.165, 1.54) is 7.11 Å². The minimum absolute atomic E-state index is 0.0393. The number of ether oxygens (including phenoxy) is 2. The number of hydrogen-bond acceptors (Lipinski definition) is 6. The predicted octanol–water partition coefficient (Wildman–Crippen LogP) is 8.82. The largest absolute Gasteiger partial charge is 0.469 e. The third-order valence-electron chi connectivity index (χ3n) is 7.56. The van der Waals surface area contributed by atoms with Crippen LogP contribution in [0.25, 0.3) is 0 Å². The first-order valence-electron chi connectivity index (χ1n) is 14.3. The number of carbonyl (C=O) groups excluding carboxylic acids is 2. The van der Waals surface area contributed by atoms with Gasteiger partial charge < -0.3 is 24.1 Å². The fourth-order valence-electron chi connectivity index (χ4n) is 4.03. The van der Waals surface area contributed by atoms with Crippen LogP contribution < -0.4 is 5.32 Å². The van der Waals surface area contributed by atoms with Crippen molar-refractivity contribution in [3.05, 3.63) is 63.1 Å². The number of nitrogens with one attached hydrogen (secondary N) is 1. The van der Waals surface area contributed by atoms with Gasteiger partial charge in [-0.15, -0.1) is 0 Å². The third kappa shape index (κ3) is 10.5. The molecule has 2 atom stereocenters. The Labute approximate surface area is 263 Å². The Morgan fingerprint density at radius 3 is 2.24 bits per heavy atom. The summed E-state index contributed by atoms with van der Waals surface area (Å²) in [6.07, 6.45) is -0.703. The molecular weight excluding hydrogens is 591 g/mol. The van der Waals surface area contributed by atoms with E-state index in [0.29, 0.717) is 22.3 Å². The summed E-state index contributed by atoms with van der Waals surface area (Å²) < 4.78 is 17.6. The van der Waals surface area contributed by atoms with Crippen molar-refractivity contribution in [1.29, 1.82) is 0 Å². The lowest BCUT2D eigenvalue weighted by molar-refractivity contribution is -0.139. The third-order valence-corrected chi connectivity index (χ3v) is 12.6. The first kappa shape index (κ1) is 35.9. The molecule has 0 saturated heterocycles. The van der Waals surface area contributed by atoms with Gasteiger partial charge in [-0.1, -0.05) is 56.1 Å². The van der Waals surface area contributed by atoms with E-state index in [0.717, 1.165) is 16.7 Å². The maximum Gasteiger partial charge on any atom is 0.410 e. The summed E-state index contributed by atoms with van der Waals surface area (Å²) in [5.41, 5.74) is 2.65. The van der Waals surface area contributed by atoms with Crippen LogP contribution in [0.4, 0.5) is 10.5 Å². The average Bonchev–Trinajstić information content (AvgIpc) is 2.85. The number of amides is 1. The van der Waals surface area contributed by atoms with E-state index in [1.54, 1.807) is 11.0 Å². The van der Waals surface area contributed by atoms with Crippen molar-refractivity contribution in [2.45, 2.75) is 97.7 Å². The van der Waals surface area contributed by atoms with Gasteiger partial charge in [-0.25, -0.2) is 4.79 Å². The van der Waals surface area contributed by atoms with Gasteiger partial charge in [0.05, 0.1) is 36.9 Å². The molecule has 2 aromatic carbocycles. The van der Waals surface area contributed by atoms with Gasteiger partial charge in [-0.05, 0) is 93.7 Å². The molecule has 1 N–H and O–H groups in total. The van der Waals surface area contributed by atoms with Crippen molar-refractivity contribution >= 4 is 49.3 Å². The molecule has 0 aliphatic heterocycles. The Hall–Kier alpha value is -2.26. The summed E-state index contributed by atoms with van der Waals surface area (Å²) in [7, 11) is -0.882. The summed E-state index contributed by atoms with van der Waals surface area (Å²) in [6.45, 7) is 21.1. The summed E-state index contributed by atoms with van der Waals surface area (Å²) >= 11 is 13.0. The maximum absolute atomic E-state index is 13.6. The van der Waals surface area contributed by atoms with Gasteiger partial charge in [0.2, 0.25) is 0 Å². The SMILES string of the molecule is COC(=O)Cc1cc(Cl)c(NCC(C)N(CC(O[Si](C)(C)C(C)(C)C)c2cccc(Cl)c2)C(=O)OC(C)(C)C)cc1C. The van der Waals surface area contributed by atoms with Gasteiger partial charge in [0.15, 0.2) is 8.32 Å². The highest BCUT2D eigenvalue weighted by Crippen LogP contribution is 2.40. The van der Waals surface area contributed by atoms with Crippen LogP contribution in [0.2, 0.25) is 28.2 Å². The first-order chi connectivity index (χ1) is 19.2. The highest BCUT2D eigenvalue weighted by Gasteiger charge is 2.41. The molecule has 0 spiro atoms. The number of halogens is 2. The molecule has 234 valence electrons. The van der Waals surface area contributed by atoms with E-state index in [1.807, 2.05) is 65.0 Å². The Morgan fingerprint density at radius 1 is 1.05 bits per heavy atom. The number of nitrogens with zero attached hydrogens (tertiary/aromatic N) is 1. The molecule has 0 aliphatic carbocycles. The normalized spacial score (nSPS) is 13.7. The van der Waals surface area contributed by atoms with E-state index >= 15 is 0 Å². The van der Waals surface area contributed by atoms with Crippen LogP contribution in [0, 0.1) is 6.92 Å². The number of hydrogen-bond donors (Lipinski definition) is 1. The lowest BCUT2D eigenvalue weighted by Crippen LogP contribution is -2.49. The summed E-state index contributed by atoms with van der Waals surface area (Å²) in [5, 5.41) is 4.44. The fourth-order valence-corrected chi connectivity index (χ4v) is 5.76. The van der Waals surface area contributed by atoms with Gasteiger partial charge in [0, 0.05) is 17.6 Å². The second-order valence-electron chi connectivity index (χ2n) is 13.3. The van der Waals surface area contributed by atoms with E-state index in [-0.39, 0.29) is 30.0 Å². The Balaban J connectivity index is 2.40. The predicted molar refractivity (Wildman–Crippen MR) is 175 cm³/mol. The molecule has 2 rings (SSSR count). The molecule has 42 heavy (non-hydrogen) atoms. The molecule has 0 fully saturated rings. The van der Waals surface area contributed by atoms with Crippen molar-refractivity contribution in [3.8, 4) is 0 Å². The molecule has 2 aromatic rings. The lowest BCUT2D eigenvalue weighted by Gasteiger charge is -2.41. The molecule has 0 bridgehead atoms. The van der Waals surface area contributed by atoms with Gasteiger partial charge in [0.25, 0.3) is 0 Å².